The molecule has 0 aromatic carbocycles. The van der Waals surface area contributed by atoms with Gasteiger partial charge in [0.25, 0.3) is 0 Å². The average Bonchev–Trinajstić information content (AvgIpc) is 3.45. The molecule has 0 unspecified atom stereocenters. The van der Waals surface area contributed by atoms with Crippen LogP contribution in [0.5, 0.6) is 0 Å². The molecule has 2 aliphatic carbocycles. The van der Waals surface area contributed by atoms with E-state index >= 15 is 0 Å². The Morgan fingerprint density at radius 1 is 1.18 bits per heavy atom. The van der Waals surface area contributed by atoms with Gasteiger partial charge in [-0.25, -0.2) is 9.67 Å². The first-order valence-electron chi connectivity index (χ1n) is 8.33. The van der Waals surface area contributed by atoms with Crippen LogP contribution in [-0.2, 0) is 26.6 Å². The highest BCUT2D eigenvalue weighted by atomic mass is 15.6. The summed E-state index contributed by atoms with van der Waals surface area (Å²) in [5.74, 6) is 3.02. The van der Waals surface area contributed by atoms with Gasteiger partial charge in [-0.15, -0.1) is 5.10 Å². The second-order valence-electron chi connectivity index (χ2n) is 6.93. The lowest BCUT2D eigenvalue weighted by Gasteiger charge is -2.25. The molecule has 2 aromatic rings. The molecule has 2 aromatic heterocycles. The topological polar surface area (TPSA) is 64.7 Å². The van der Waals surface area contributed by atoms with E-state index in [-0.39, 0.29) is 0 Å². The molecule has 0 radical (unpaired) electrons. The first kappa shape index (κ1) is 12.8. The molecule has 0 amide bonds. The zero-order valence-corrected chi connectivity index (χ0v) is 12.9. The molecule has 0 N–H and O–H groups in total. The summed E-state index contributed by atoms with van der Waals surface area (Å²) in [5.41, 5.74) is 2.70. The second-order valence-corrected chi connectivity index (χ2v) is 6.93. The van der Waals surface area contributed by atoms with Crippen molar-refractivity contribution in [1.82, 2.24) is 34.7 Å². The number of aromatic nitrogens is 6. The van der Waals surface area contributed by atoms with E-state index in [2.05, 4.69) is 32.0 Å². The van der Waals surface area contributed by atoms with Gasteiger partial charge in [0.15, 0.2) is 5.82 Å². The summed E-state index contributed by atoms with van der Waals surface area (Å²) >= 11 is 0. The van der Waals surface area contributed by atoms with Crippen molar-refractivity contribution in [1.29, 1.82) is 0 Å². The normalized spacial score (nSPS) is 22.0. The smallest absolute Gasteiger partial charge is 0.165 e. The standard InChI is InChI=1S/C15H21N7/c1-20-13-6-7-21(8-12(13)16-15(20)10-2-3-10)9-14-17-18-19-22(14)11-4-5-11/h10-11H,2-9H2,1H3. The van der Waals surface area contributed by atoms with Crippen molar-refractivity contribution in [3.8, 4) is 0 Å². The number of tetrazole rings is 1. The van der Waals surface area contributed by atoms with Crippen molar-refractivity contribution in [3.05, 3.63) is 23.0 Å². The molecule has 5 rings (SSSR count). The van der Waals surface area contributed by atoms with Gasteiger partial charge in [0.05, 0.1) is 18.3 Å². The van der Waals surface area contributed by atoms with Crippen LogP contribution in [0.3, 0.4) is 0 Å². The Hall–Kier alpha value is -1.76. The van der Waals surface area contributed by atoms with E-state index < -0.39 is 0 Å². The summed E-state index contributed by atoms with van der Waals surface area (Å²) in [6.45, 7) is 2.82. The van der Waals surface area contributed by atoms with Gasteiger partial charge in [-0.1, -0.05) is 0 Å². The number of rotatable bonds is 4. The van der Waals surface area contributed by atoms with E-state index in [4.69, 9.17) is 4.98 Å². The van der Waals surface area contributed by atoms with Crippen molar-refractivity contribution >= 4 is 0 Å². The second kappa shape index (κ2) is 4.62. The van der Waals surface area contributed by atoms with Crippen LogP contribution >= 0.6 is 0 Å². The summed E-state index contributed by atoms with van der Waals surface area (Å²) in [6, 6.07) is 0.543. The minimum absolute atomic E-state index is 0.543. The maximum absolute atomic E-state index is 4.92. The highest BCUT2D eigenvalue weighted by molar-refractivity contribution is 5.23. The molecule has 2 fully saturated rings. The average molecular weight is 299 g/mol. The van der Waals surface area contributed by atoms with Gasteiger partial charge in [0.2, 0.25) is 0 Å². The Morgan fingerprint density at radius 3 is 2.82 bits per heavy atom. The fourth-order valence-corrected chi connectivity index (χ4v) is 3.56. The van der Waals surface area contributed by atoms with Crippen LogP contribution in [-0.4, -0.2) is 41.2 Å². The third-order valence-corrected chi connectivity index (χ3v) is 5.13. The molecular weight excluding hydrogens is 278 g/mol. The molecule has 3 aliphatic rings. The Morgan fingerprint density at radius 2 is 2.05 bits per heavy atom. The van der Waals surface area contributed by atoms with E-state index in [0.717, 1.165) is 31.9 Å². The van der Waals surface area contributed by atoms with Gasteiger partial charge in [-0.05, 0) is 36.1 Å². The molecule has 0 atom stereocenters. The van der Waals surface area contributed by atoms with Gasteiger partial charge < -0.3 is 4.57 Å². The first-order valence-corrected chi connectivity index (χ1v) is 8.33. The predicted octanol–water partition coefficient (Wildman–Crippen LogP) is 1.18. The van der Waals surface area contributed by atoms with Crippen LogP contribution in [0, 0.1) is 0 Å². The van der Waals surface area contributed by atoms with E-state index in [1.165, 1.54) is 42.9 Å². The number of hydrogen-bond acceptors (Lipinski definition) is 5. The molecule has 116 valence electrons. The summed E-state index contributed by atoms with van der Waals surface area (Å²) in [6.07, 6.45) is 6.13. The fourth-order valence-electron chi connectivity index (χ4n) is 3.56. The SMILES string of the molecule is Cn1c(C2CC2)nc2c1CCN(Cc1nnnn1C1CC1)C2. The molecule has 7 heteroatoms. The summed E-state index contributed by atoms with van der Waals surface area (Å²) in [5, 5.41) is 12.2. The fraction of sp³-hybridized carbons (Fsp3) is 0.733. The van der Waals surface area contributed by atoms with E-state index in [1.807, 2.05) is 4.68 Å². The van der Waals surface area contributed by atoms with Crippen molar-refractivity contribution in [3.63, 3.8) is 0 Å². The Labute approximate surface area is 129 Å². The zero-order valence-electron chi connectivity index (χ0n) is 12.9. The third-order valence-electron chi connectivity index (χ3n) is 5.13. The van der Waals surface area contributed by atoms with Crippen molar-refractivity contribution in [2.45, 2.75) is 57.2 Å². The summed E-state index contributed by atoms with van der Waals surface area (Å²) in [4.78, 5) is 7.35. The summed E-state index contributed by atoms with van der Waals surface area (Å²) in [7, 11) is 2.18. The third kappa shape index (κ3) is 2.06. The van der Waals surface area contributed by atoms with Crippen LogP contribution in [0.15, 0.2) is 0 Å². The molecular formula is C15H21N7. The van der Waals surface area contributed by atoms with Gasteiger partial charge in [0.1, 0.15) is 5.82 Å². The number of hydrogen-bond donors (Lipinski definition) is 0. The monoisotopic (exact) mass is 299 g/mol. The quantitative estimate of drug-likeness (QED) is 0.848. The molecule has 0 saturated heterocycles. The zero-order chi connectivity index (χ0) is 14.7. The van der Waals surface area contributed by atoms with E-state index in [1.54, 1.807) is 0 Å². The molecule has 0 bridgehead atoms. The molecule has 7 nitrogen and oxygen atoms in total. The predicted molar refractivity (Wildman–Crippen MR) is 79.1 cm³/mol. The van der Waals surface area contributed by atoms with Gasteiger partial charge in [-0.2, -0.15) is 0 Å². The van der Waals surface area contributed by atoms with Crippen LogP contribution in [0.2, 0.25) is 0 Å². The van der Waals surface area contributed by atoms with Gasteiger partial charge >= 0.3 is 0 Å². The van der Waals surface area contributed by atoms with Crippen molar-refractivity contribution < 1.29 is 0 Å². The largest absolute Gasteiger partial charge is 0.335 e. The lowest BCUT2D eigenvalue weighted by atomic mass is 10.1. The van der Waals surface area contributed by atoms with Crippen LogP contribution in [0.1, 0.15) is 60.7 Å². The summed E-state index contributed by atoms with van der Waals surface area (Å²) < 4.78 is 4.36. The van der Waals surface area contributed by atoms with Crippen LogP contribution in [0.4, 0.5) is 0 Å². The molecule has 0 spiro atoms. The highest BCUT2D eigenvalue weighted by Crippen LogP contribution is 2.40. The molecule has 3 heterocycles. The van der Waals surface area contributed by atoms with Gasteiger partial charge in [0, 0.05) is 38.2 Å². The lowest BCUT2D eigenvalue weighted by molar-refractivity contribution is 0.229. The minimum Gasteiger partial charge on any atom is -0.335 e. The van der Waals surface area contributed by atoms with E-state index in [9.17, 15) is 0 Å². The lowest BCUT2D eigenvalue weighted by Crippen LogP contribution is -2.31. The molecule has 22 heavy (non-hydrogen) atoms. The Kier molecular flexibility index (Phi) is 2.68. The maximum Gasteiger partial charge on any atom is 0.165 e. The van der Waals surface area contributed by atoms with Gasteiger partial charge in [-0.3, -0.25) is 4.90 Å². The maximum atomic E-state index is 4.92. The van der Waals surface area contributed by atoms with Crippen molar-refractivity contribution in [2.75, 3.05) is 6.54 Å². The van der Waals surface area contributed by atoms with Crippen molar-refractivity contribution in [2.24, 2.45) is 7.05 Å². The first-order chi connectivity index (χ1) is 10.8. The molecule has 2 saturated carbocycles. The minimum atomic E-state index is 0.543. The van der Waals surface area contributed by atoms with E-state index in [0.29, 0.717) is 12.0 Å². The highest BCUT2D eigenvalue weighted by Gasteiger charge is 2.33. The Balaban J connectivity index is 1.35. The number of fused-ring (bicyclic) bond motifs is 1. The Bertz CT molecular complexity index is 708. The van der Waals surface area contributed by atoms with Crippen LogP contribution < -0.4 is 0 Å². The van der Waals surface area contributed by atoms with Crippen LogP contribution in [0.25, 0.3) is 0 Å². The number of nitrogens with zero attached hydrogens (tertiary/aromatic N) is 7. The molecule has 1 aliphatic heterocycles. The number of imidazole rings is 1.